The third-order valence-electron chi connectivity index (χ3n) is 6.29. The number of ether oxygens (including phenoxy) is 2. The van der Waals surface area contributed by atoms with Crippen molar-refractivity contribution in [1.29, 1.82) is 0 Å². The Morgan fingerprint density at radius 2 is 1.80 bits per heavy atom. The number of piperazine rings is 1. The van der Waals surface area contributed by atoms with E-state index in [-0.39, 0.29) is 23.9 Å². The Morgan fingerprint density at radius 1 is 1.06 bits per heavy atom. The van der Waals surface area contributed by atoms with E-state index < -0.39 is 16.1 Å². The van der Waals surface area contributed by atoms with E-state index in [1.165, 1.54) is 11.4 Å². The summed E-state index contributed by atoms with van der Waals surface area (Å²) < 4.78 is 38.9. The Bertz CT molecular complexity index is 1340. The molecule has 9 nitrogen and oxygen atoms in total. The number of pyridine rings is 1. The highest BCUT2D eigenvalue weighted by atomic mass is 32.2. The van der Waals surface area contributed by atoms with Crippen LogP contribution >= 0.6 is 0 Å². The van der Waals surface area contributed by atoms with Crippen LogP contribution in [0.1, 0.15) is 12.5 Å². The van der Waals surface area contributed by atoms with Gasteiger partial charge in [0.1, 0.15) is 16.4 Å². The van der Waals surface area contributed by atoms with Crippen molar-refractivity contribution in [1.82, 2.24) is 14.2 Å². The van der Waals surface area contributed by atoms with E-state index in [0.717, 1.165) is 10.9 Å². The van der Waals surface area contributed by atoms with Crippen LogP contribution in [0, 0.1) is 6.92 Å². The summed E-state index contributed by atoms with van der Waals surface area (Å²) in [6, 6.07) is 11.9. The number of nitrogens with one attached hydrogen (secondary N) is 1. The van der Waals surface area contributed by atoms with Gasteiger partial charge in [0.2, 0.25) is 15.9 Å². The Kier molecular flexibility index (Phi) is 7.25. The summed E-state index contributed by atoms with van der Waals surface area (Å²) in [5, 5.41) is 3.69. The highest BCUT2D eigenvalue weighted by Crippen LogP contribution is 2.30. The second kappa shape index (κ2) is 10.2. The molecular formula is C25H30N4O5S. The van der Waals surface area contributed by atoms with E-state index in [4.69, 9.17) is 9.47 Å². The van der Waals surface area contributed by atoms with E-state index in [1.807, 2.05) is 30.9 Å². The lowest BCUT2D eigenvalue weighted by Crippen LogP contribution is -2.53. The van der Waals surface area contributed by atoms with Gasteiger partial charge in [0, 0.05) is 43.8 Å². The first-order valence-electron chi connectivity index (χ1n) is 11.4. The predicted octanol–water partition coefficient (Wildman–Crippen LogP) is 2.89. The van der Waals surface area contributed by atoms with Crippen LogP contribution in [0.2, 0.25) is 0 Å². The van der Waals surface area contributed by atoms with Crippen LogP contribution in [-0.4, -0.2) is 75.0 Å². The van der Waals surface area contributed by atoms with E-state index in [1.54, 1.807) is 43.6 Å². The molecule has 1 N–H and O–H groups in total. The van der Waals surface area contributed by atoms with E-state index in [0.29, 0.717) is 35.8 Å². The van der Waals surface area contributed by atoms with Crippen molar-refractivity contribution in [2.45, 2.75) is 24.8 Å². The smallest absolute Gasteiger partial charge is 0.245 e. The number of hydrogen-bond donors (Lipinski definition) is 1. The minimum atomic E-state index is -3.72. The van der Waals surface area contributed by atoms with Crippen LogP contribution in [0.3, 0.4) is 0 Å². The molecule has 1 saturated heterocycles. The summed E-state index contributed by atoms with van der Waals surface area (Å²) in [5.41, 5.74) is 1.96. The summed E-state index contributed by atoms with van der Waals surface area (Å²) in [7, 11) is -0.634. The quantitative estimate of drug-likeness (QED) is 0.535. The number of nitrogens with zero attached hydrogens (tertiary/aromatic N) is 3. The number of benzene rings is 2. The summed E-state index contributed by atoms with van der Waals surface area (Å²) >= 11 is 0. The zero-order valence-corrected chi connectivity index (χ0v) is 21.1. The van der Waals surface area contributed by atoms with Gasteiger partial charge >= 0.3 is 0 Å². The minimum absolute atomic E-state index is 0.207. The Hall–Kier alpha value is -3.21. The molecule has 186 valence electrons. The summed E-state index contributed by atoms with van der Waals surface area (Å²) in [6.45, 7) is 5.16. The second-order valence-corrected chi connectivity index (χ2v) is 10.4. The van der Waals surface area contributed by atoms with E-state index in [9.17, 15) is 13.2 Å². The number of rotatable bonds is 7. The van der Waals surface area contributed by atoms with Gasteiger partial charge in [0.25, 0.3) is 0 Å². The molecule has 2 aromatic carbocycles. The van der Waals surface area contributed by atoms with Crippen LogP contribution in [0.15, 0.2) is 53.6 Å². The number of amides is 1. The summed E-state index contributed by atoms with van der Waals surface area (Å²) in [4.78, 5) is 19.5. The fraction of sp³-hybridized carbons (Fsp3) is 0.360. The zero-order valence-electron chi connectivity index (χ0n) is 20.3. The molecular weight excluding hydrogens is 468 g/mol. The fourth-order valence-corrected chi connectivity index (χ4v) is 5.82. The Morgan fingerprint density at radius 3 is 2.49 bits per heavy atom. The Balaban J connectivity index is 1.44. The number of fused-ring (bicyclic) bond motifs is 1. The number of anilines is 1. The number of carbonyl (C=O) groups excluding carboxylic acids is 1. The maximum absolute atomic E-state index is 13.4. The number of para-hydroxylation sites is 1. The standard InChI is InChI=1S/C25H30N4O5S/c1-17-14-19-6-5-7-23(24(19)26-16-17)35(31,32)29-12-10-28(11-13-29)18(2)25(30)27-21-15-20(33-3)8-9-22(21)34-4/h5-9,14-16,18H,10-13H2,1-4H3,(H,27,30). The molecule has 2 heterocycles. The largest absolute Gasteiger partial charge is 0.497 e. The lowest BCUT2D eigenvalue weighted by atomic mass is 10.2. The van der Waals surface area contributed by atoms with Gasteiger partial charge in [-0.15, -0.1) is 0 Å². The minimum Gasteiger partial charge on any atom is -0.497 e. The molecule has 1 aliphatic rings. The topological polar surface area (TPSA) is 101 Å². The van der Waals surface area contributed by atoms with Crippen LogP contribution in [0.5, 0.6) is 11.5 Å². The maximum atomic E-state index is 13.4. The third-order valence-corrected chi connectivity index (χ3v) is 8.22. The molecule has 1 aromatic heterocycles. The molecule has 1 atom stereocenters. The fourth-order valence-electron chi connectivity index (χ4n) is 4.24. The molecule has 35 heavy (non-hydrogen) atoms. The number of aryl methyl sites for hydroxylation is 1. The van der Waals surface area contributed by atoms with Crippen LogP contribution in [0.25, 0.3) is 10.9 Å². The van der Waals surface area contributed by atoms with Crippen molar-refractivity contribution in [2.24, 2.45) is 0 Å². The number of sulfonamides is 1. The molecule has 0 bridgehead atoms. The van der Waals surface area contributed by atoms with Gasteiger partial charge in [-0.3, -0.25) is 14.7 Å². The summed E-state index contributed by atoms with van der Waals surface area (Å²) in [6.07, 6.45) is 1.68. The molecule has 3 aromatic rings. The molecule has 1 unspecified atom stereocenters. The van der Waals surface area contributed by atoms with Gasteiger partial charge in [-0.25, -0.2) is 8.42 Å². The van der Waals surface area contributed by atoms with E-state index in [2.05, 4.69) is 10.3 Å². The molecule has 4 rings (SSSR count). The average Bonchev–Trinajstić information content (AvgIpc) is 2.87. The highest BCUT2D eigenvalue weighted by molar-refractivity contribution is 7.89. The van der Waals surface area contributed by atoms with Crippen molar-refractivity contribution < 1.29 is 22.7 Å². The first-order valence-corrected chi connectivity index (χ1v) is 12.8. The van der Waals surface area contributed by atoms with Crippen molar-refractivity contribution in [3.63, 3.8) is 0 Å². The van der Waals surface area contributed by atoms with Gasteiger partial charge in [-0.2, -0.15) is 4.31 Å². The van der Waals surface area contributed by atoms with Gasteiger partial charge in [0.05, 0.1) is 31.5 Å². The number of hydrogen-bond acceptors (Lipinski definition) is 7. The van der Waals surface area contributed by atoms with Crippen molar-refractivity contribution in [2.75, 3.05) is 45.7 Å². The molecule has 0 saturated carbocycles. The SMILES string of the molecule is COc1ccc(OC)c(NC(=O)C(C)N2CCN(S(=O)(=O)c3cccc4cc(C)cnc34)CC2)c1. The van der Waals surface area contributed by atoms with Gasteiger partial charge < -0.3 is 14.8 Å². The molecule has 0 aliphatic carbocycles. The third kappa shape index (κ3) is 5.09. The monoisotopic (exact) mass is 498 g/mol. The van der Waals surface area contributed by atoms with Crippen LogP contribution < -0.4 is 14.8 Å². The van der Waals surface area contributed by atoms with Crippen LogP contribution in [0.4, 0.5) is 5.69 Å². The van der Waals surface area contributed by atoms with Gasteiger partial charge in [-0.1, -0.05) is 12.1 Å². The molecule has 1 fully saturated rings. The van der Waals surface area contributed by atoms with E-state index >= 15 is 0 Å². The lowest BCUT2D eigenvalue weighted by Gasteiger charge is -2.36. The highest BCUT2D eigenvalue weighted by Gasteiger charge is 2.33. The first kappa shape index (κ1) is 24.9. The molecule has 1 amide bonds. The maximum Gasteiger partial charge on any atom is 0.245 e. The number of aromatic nitrogens is 1. The van der Waals surface area contributed by atoms with Crippen LogP contribution in [-0.2, 0) is 14.8 Å². The molecule has 10 heteroatoms. The summed E-state index contributed by atoms with van der Waals surface area (Å²) in [5.74, 6) is 0.924. The van der Waals surface area contributed by atoms with Gasteiger partial charge in [0.15, 0.2) is 0 Å². The van der Waals surface area contributed by atoms with Crippen molar-refractivity contribution in [3.05, 3.63) is 54.2 Å². The zero-order chi connectivity index (χ0) is 25.2. The average molecular weight is 499 g/mol. The number of methoxy groups -OCH3 is 2. The van der Waals surface area contributed by atoms with Gasteiger partial charge in [-0.05, 0) is 43.7 Å². The molecule has 0 spiro atoms. The van der Waals surface area contributed by atoms with Crippen molar-refractivity contribution in [3.8, 4) is 11.5 Å². The normalized spacial score (nSPS) is 16.1. The van der Waals surface area contributed by atoms with Crippen molar-refractivity contribution >= 4 is 32.5 Å². The first-order chi connectivity index (χ1) is 16.7. The molecule has 0 radical (unpaired) electrons. The Labute approximate surface area is 205 Å². The predicted molar refractivity (Wildman–Crippen MR) is 134 cm³/mol. The second-order valence-electron chi connectivity index (χ2n) is 8.51. The molecule has 1 aliphatic heterocycles. The lowest BCUT2D eigenvalue weighted by molar-refractivity contribution is -0.121. The number of carbonyl (C=O) groups is 1.